The molecule has 1 aromatic carbocycles. The standard InChI is InChI=1S/C19H17FN4O2/c1-2-26-19(25)18(22)16(17(21)12-3-6-14(20)7-4-12)13-5-8-15-23-9-10-24(15)11-13/h3-11,21H,2,22H2,1H3/b18-16-,21-17?. The van der Waals surface area contributed by atoms with Crippen molar-refractivity contribution in [1.29, 1.82) is 5.41 Å². The molecule has 2 heterocycles. The van der Waals surface area contributed by atoms with Crippen molar-refractivity contribution in [3.8, 4) is 0 Å². The van der Waals surface area contributed by atoms with Crippen LogP contribution >= 0.6 is 0 Å². The van der Waals surface area contributed by atoms with E-state index in [0.29, 0.717) is 11.1 Å². The molecule has 26 heavy (non-hydrogen) atoms. The molecule has 0 unspecified atom stereocenters. The minimum atomic E-state index is -0.708. The molecule has 0 aliphatic rings. The van der Waals surface area contributed by atoms with Crippen LogP contribution in [0.5, 0.6) is 0 Å². The molecule has 0 radical (unpaired) electrons. The Morgan fingerprint density at radius 2 is 1.92 bits per heavy atom. The lowest BCUT2D eigenvalue weighted by molar-refractivity contribution is -0.138. The number of carbonyl (C=O) groups is 1. The first-order valence-electron chi connectivity index (χ1n) is 7.96. The van der Waals surface area contributed by atoms with Gasteiger partial charge in [0, 0.05) is 35.3 Å². The van der Waals surface area contributed by atoms with E-state index in [-0.39, 0.29) is 23.6 Å². The Kier molecular flexibility index (Phi) is 4.79. The normalized spacial score (nSPS) is 11.9. The number of fused-ring (bicyclic) bond motifs is 1. The Morgan fingerprint density at radius 1 is 1.23 bits per heavy atom. The molecule has 0 spiro atoms. The number of halogens is 1. The average Bonchev–Trinajstić information content (AvgIpc) is 3.10. The summed E-state index contributed by atoms with van der Waals surface area (Å²) in [5.74, 6) is -1.12. The molecule has 6 nitrogen and oxygen atoms in total. The van der Waals surface area contributed by atoms with Gasteiger partial charge in [-0.15, -0.1) is 0 Å². The summed E-state index contributed by atoms with van der Waals surface area (Å²) in [5, 5.41) is 8.53. The van der Waals surface area contributed by atoms with Gasteiger partial charge >= 0.3 is 5.97 Å². The minimum absolute atomic E-state index is 0.00461. The predicted molar refractivity (Wildman–Crippen MR) is 96.2 cm³/mol. The molecule has 3 N–H and O–H groups in total. The quantitative estimate of drug-likeness (QED) is 0.419. The van der Waals surface area contributed by atoms with Crippen molar-refractivity contribution in [2.45, 2.75) is 6.92 Å². The summed E-state index contributed by atoms with van der Waals surface area (Å²) in [5.41, 5.74) is 7.76. The number of hydrogen-bond acceptors (Lipinski definition) is 5. The van der Waals surface area contributed by atoms with Gasteiger partial charge < -0.3 is 14.9 Å². The second kappa shape index (κ2) is 7.18. The maximum atomic E-state index is 13.2. The predicted octanol–water partition coefficient (Wildman–Crippen LogP) is 2.77. The Labute approximate surface area is 149 Å². The number of ether oxygens (including phenoxy) is 1. The summed E-state index contributed by atoms with van der Waals surface area (Å²) in [4.78, 5) is 16.4. The summed E-state index contributed by atoms with van der Waals surface area (Å²) in [6.45, 7) is 1.84. The van der Waals surface area contributed by atoms with Gasteiger partial charge in [-0.2, -0.15) is 0 Å². The molecule has 3 rings (SSSR count). The van der Waals surface area contributed by atoms with Crippen LogP contribution in [0.1, 0.15) is 18.1 Å². The van der Waals surface area contributed by atoms with E-state index in [1.54, 1.807) is 42.0 Å². The number of nitrogens with one attached hydrogen (secondary N) is 1. The molecule has 0 aliphatic carbocycles. The van der Waals surface area contributed by atoms with Crippen molar-refractivity contribution in [3.05, 3.63) is 77.6 Å². The maximum absolute atomic E-state index is 13.2. The van der Waals surface area contributed by atoms with Gasteiger partial charge in [-0.05, 0) is 43.3 Å². The molecule has 0 saturated carbocycles. The zero-order valence-electron chi connectivity index (χ0n) is 14.1. The number of hydrogen-bond donors (Lipinski definition) is 2. The third-order valence-electron chi connectivity index (χ3n) is 3.83. The SMILES string of the molecule is CCOC(=O)/C(N)=C(/C(=N)c1ccc(F)cc1)c1ccc2nccn2c1. The first-order valence-corrected chi connectivity index (χ1v) is 7.96. The van der Waals surface area contributed by atoms with E-state index in [0.717, 1.165) is 5.65 Å². The number of aromatic nitrogens is 2. The fraction of sp³-hybridized carbons (Fsp3) is 0.105. The Balaban J connectivity index is 2.15. The van der Waals surface area contributed by atoms with E-state index in [2.05, 4.69) is 4.98 Å². The van der Waals surface area contributed by atoms with Gasteiger partial charge in [0.05, 0.1) is 12.3 Å². The van der Waals surface area contributed by atoms with Crippen LogP contribution in [0.25, 0.3) is 11.2 Å². The highest BCUT2D eigenvalue weighted by Crippen LogP contribution is 2.23. The topological polar surface area (TPSA) is 93.5 Å². The number of benzene rings is 1. The Bertz CT molecular complexity index is 1010. The largest absolute Gasteiger partial charge is 0.461 e. The Hall–Kier alpha value is -3.48. The lowest BCUT2D eigenvalue weighted by Gasteiger charge is -2.14. The number of nitrogens with two attached hydrogens (primary N) is 1. The molecule has 0 bridgehead atoms. The number of imidazole rings is 1. The second-order valence-corrected chi connectivity index (χ2v) is 5.50. The summed E-state index contributed by atoms with van der Waals surface area (Å²) in [6.07, 6.45) is 5.11. The monoisotopic (exact) mass is 352 g/mol. The van der Waals surface area contributed by atoms with Crippen molar-refractivity contribution >= 4 is 22.9 Å². The van der Waals surface area contributed by atoms with Crippen LogP contribution in [-0.4, -0.2) is 27.7 Å². The summed E-state index contributed by atoms with van der Waals surface area (Å²) < 4.78 is 20.0. The van der Waals surface area contributed by atoms with Gasteiger partial charge in [0.15, 0.2) is 0 Å². The lowest BCUT2D eigenvalue weighted by atomic mass is 9.95. The number of nitrogens with zero attached hydrogens (tertiary/aromatic N) is 2. The molecule has 0 saturated heterocycles. The van der Waals surface area contributed by atoms with Crippen LogP contribution in [0.3, 0.4) is 0 Å². The zero-order chi connectivity index (χ0) is 18.7. The molecule has 132 valence electrons. The Morgan fingerprint density at radius 3 is 2.62 bits per heavy atom. The van der Waals surface area contributed by atoms with E-state index in [4.69, 9.17) is 15.9 Å². The van der Waals surface area contributed by atoms with Crippen LogP contribution in [0.15, 0.2) is 60.7 Å². The first-order chi connectivity index (χ1) is 12.5. The smallest absolute Gasteiger partial charge is 0.354 e. The number of pyridine rings is 1. The van der Waals surface area contributed by atoms with Crippen LogP contribution in [-0.2, 0) is 9.53 Å². The molecule has 0 aliphatic heterocycles. The van der Waals surface area contributed by atoms with E-state index >= 15 is 0 Å². The highest BCUT2D eigenvalue weighted by atomic mass is 19.1. The lowest BCUT2D eigenvalue weighted by Crippen LogP contribution is -2.20. The van der Waals surface area contributed by atoms with Crippen LogP contribution in [0.4, 0.5) is 4.39 Å². The van der Waals surface area contributed by atoms with Crippen molar-refractivity contribution in [2.75, 3.05) is 6.61 Å². The van der Waals surface area contributed by atoms with Crippen LogP contribution < -0.4 is 5.73 Å². The van der Waals surface area contributed by atoms with Crippen LogP contribution in [0, 0.1) is 11.2 Å². The second-order valence-electron chi connectivity index (χ2n) is 5.50. The van der Waals surface area contributed by atoms with E-state index in [1.807, 2.05) is 0 Å². The molecule has 0 fully saturated rings. The summed E-state index contributed by atoms with van der Waals surface area (Å²) in [7, 11) is 0. The molecule has 7 heteroatoms. The van der Waals surface area contributed by atoms with Gasteiger partial charge in [0.1, 0.15) is 17.2 Å². The van der Waals surface area contributed by atoms with Crippen LogP contribution in [0.2, 0.25) is 0 Å². The molecule has 0 amide bonds. The van der Waals surface area contributed by atoms with Crippen molar-refractivity contribution < 1.29 is 13.9 Å². The highest BCUT2D eigenvalue weighted by molar-refractivity contribution is 6.33. The third kappa shape index (κ3) is 3.32. The fourth-order valence-corrected chi connectivity index (χ4v) is 2.57. The van der Waals surface area contributed by atoms with Crippen molar-refractivity contribution in [1.82, 2.24) is 9.38 Å². The zero-order valence-corrected chi connectivity index (χ0v) is 14.1. The number of carbonyl (C=O) groups excluding carboxylic acids is 1. The first kappa shape index (κ1) is 17.3. The average molecular weight is 352 g/mol. The number of esters is 1. The van der Waals surface area contributed by atoms with E-state index < -0.39 is 11.8 Å². The minimum Gasteiger partial charge on any atom is -0.461 e. The molecular formula is C19H17FN4O2. The van der Waals surface area contributed by atoms with Crippen molar-refractivity contribution in [2.24, 2.45) is 5.73 Å². The van der Waals surface area contributed by atoms with Gasteiger partial charge in [-0.1, -0.05) is 0 Å². The highest BCUT2D eigenvalue weighted by Gasteiger charge is 2.20. The maximum Gasteiger partial charge on any atom is 0.354 e. The molecule has 3 aromatic rings. The van der Waals surface area contributed by atoms with Gasteiger partial charge in [-0.25, -0.2) is 14.2 Å². The fourth-order valence-electron chi connectivity index (χ4n) is 2.57. The van der Waals surface area contributed by atoms with Gasteiger partial charge in [-0.3, -0.25) is 5.41 Å². The van der Waals surface area contributed by atoms with Gasteiger partial charge in [0.2, 0.25) is 0 Å². The van der Waals surface area contributed by atoms with Crippen molar-refractivity contribution in [3.63, 3.8) is 0 Å². The number of allylic oxidation sites excluding steroid dienone is 1. The summed E-state index contributed by atoms with van der Waals surface area (Å²) in [6, 6.07) is 8.91. The van der Waals surface area contributed by atoms with E-state index in [1.165, 1.54) is 24.3 Å². The summed E-state index contributed by atoms with van der Waals surface area (Å²) >= 11 is 0. The molecular weight excluding hydrogens is 335 g/mol. The van der Waals surface area contributed by atoms with Gasteiger partial charge in [0.25, 0.3) is 0 Å². The third-order valence-corrected chi connectivity index (χ3v) is 3.83. The molecule has 0 atom stereocenters. The number of rotatable bonds is 5. The van der Waals surface area contributed by atoms with E-state index in [9.17, 15) is 9.18 Å². The molecule has 2 aromatic heterocycles.